The van der Waals surface area contributed by atoms with Gasteiger partial charge in [-0.2, -0.15) is 10.5 Å². The minimum absolute atomic E-state index is 0.544. The minimum Gasteiger partial charge on any atom is -0.198 e. The number of hydrogen-bond acceptors (Lipinski definition) is 2. The van der Waals surface area contributed by atoms with Crippen LogP contribution in [0.2, 0.25) is 0 Å². The number of benzene rings is 2. The van der Waals surface area contributed by atoms with E-state index in [1.807, 2.05) is 48.5 Å². The van der Waals surface area contributed by atoms with Gasteiger partial charge in [0.25, 0.3) is 0 Å². The van der Waals surface area contributed by atoms with Crippen LogP contribution in [0.15, 0.2) is 57.5 Å². The maximum atomic E-state index is 9.70. The van der Waals surface area contributed by atoms with Crippen LogP contribution in [-0.4, -0.2) is 0 Å². The van der Waals surface area contributed by atoms with E-state index in [1.165, 1.54) is 0 Å². The Hall–Kier alpha value is -0.890. The second-order valence-corrected chi connectivity index (χ2v) is 7.98. The first-order valence-corrected chi connectivity index (χ1v) is 8.69. The highest BCUT2D eigenvalue weighted by atomic mass is 127. The summed E-state index contributed by atoms with van der Waals surface area (Å²) in [6.45, 7) is 0. The Bertz CT molecular complexity index is 714. The van der Waals surface area contributed by atoms with Crippen LogP contribution < -0.4 is 0 Å². The molecule has 2 aromatic carbocycles. The molecule has 0 aliphatic carbocycles. The number of alkyl halides is 1. The predicted molar refractivity (Wildman–Crippen MR) is 97.9 cm³/mol. The van der Waals surface area contributed by atoms with Gasteiger partial charge in [0.1, 0.15) is 5.92 Å². The summed E-state index contributed by atoms with van der Waals surface area (Å²) in [5, 5.41) is 19.3. The third-order valence-corrected chi connectivity index (χ3v) is 5.70. The van der Waals surface area contributed by atoms with Gasteiger partial charge < -0.3 is 0 Å². The van der Waals surface area contributed by atoms with Crippen LogP contribution in [0.1, 0.15) is 17.0 Å². The Kier molecular flexibility index (Phi) is 5.43. The lowest BCUT2D eigenvalue weighted by molar-refractivity contribution is 0.732. The number of hydrogen-bond donors (Lipinski definition) is 0. The molecule has 0 saturated heterocycles. The Morgan fingerprint density at radius 1 is 0.905 bits per heavy atom. The van der Waals surface area contributed by atoms with Crippen LogP contribution in [0, 0.1) is 22.7 Å². The van der Waals surface area contributed by atoms with Gasteiger partial charge >= 0.3 is 0 Å². The molecular weight excluding hydrogens is 507 g/mol. The van der Waals surface area contributed by atoms with E-state index < -0.39 is 9.34 Å². The van der Waals surface area contributed by atoms with E-state index in [9.17, 15) is 10.5 Å². The van der Waals surface area contributed by atoms with Gasteiger partial charge in [-0.3, -0.25) is 0 Å². The molecule has 0 fully saturated rings. The second kappa shape index (κ2) is 6.91. The van der Waals surface area contributed by atoms with Crippen molar-refractivity contribution in [3.8, 4) is 12.1 Å². The Balaban J connectivity index is 2.51. The molecule has 21 heavy (non-hydrogen) atoms. The highest BCUT2D eigenvalue weighted by molar-refractivity contribution is 14.1. The van der Waals surface area contributed by atoms with Crippen LogP contribution in [-0.2, 0) is 3.42 Å². The maximum absolute atomic E-state index is 9.70. The van der Waals surface area contributed by atoms with Crippen molar-refractivity contribution < 1.29 is 0 Å². The molecule has 0 saturated carbocycles. The van der Waals surface area contributed by atoms with Crippen molar-refractivity contribution in [1.29, 1.82) is 10.5 Å². The number of nitriles is 2. The summed E-state index contributed by atoms with van der Waals surface area (Å²) in [6, 6.07) is 19.6. The van der Waals surface area contributed by atoms with Gasteiger partial charge in [0.2, 0.25) is 0 Å². The summed E-state index contributed by atoms with van der Waals surface area (Å²) in [7, 11) is 0. The molecule has 0 aliphatic heterocycles. The van der Waals surface area contributed by atoms with Gasteiger partial charge in [-0.1, -0.05) is 78.7 Å². The van der Waals surface area contributed by atoms with Crippen LogP contribution in [0.25, 0.3) is 0 Å². The van der Waals surface area contributed by atoms with Gasteiger partial charge in [-0.15, -0.1) is 0 Å². The molecule has 104 valence electrons. The summed E-state index contributed by atoms with van der Waals surface area (Å²) < 4.78 is 0.962. The fourth-order valence-electron chi connectivity index (χ4n) is 2.04. The summed E-state index contributed by atoms with van der Waals surface area (Å²) in [5.41, 5.74) is 1.66. The summed E-state index contributed by atoms with van der Waals surface area (Å²) in [5.74, 6) is -0.544. The minimum atomic E-state index is -0.930. The van der Waals surface area contributed by atoms with E-state index in [2.05, 4.69) is 66.6 Å². The average Bonchev–Trinajstić information content (AvgIpc) is 2.50. The van der Waals surface area contributed by atoms with E-state index in [0.29, 0.717) is 0 Å². The highest BCUT2D eigenvalue weighted by Crippen LogP contribution is 2.44. The largest absolute Gasteiger partial charge is 0.198 e. The molecule has 2 atom stereocenters. The van der Waals surface area contributed by atoms with Crippen LogP contribution in [0.4, 0.5) is 0 Å². The lowest BCUT2D eigenvalue weighted by Crippen LogP contribution is -2.24. The van der Waals surface area contributed by atoms with E-state index >= 15 is 0 Å². The third kappa shape index (κ3) is 3.48. The molecule has 0 aliphatic rings. The Labute approximate surface area is 154 Å². The molecule has 2 rings (SSSR count). The number of nitrogens with zero attached hydrogens (tertiary/aromatic N) is 2. The smallest absolute Gasteiger partial charge is 0.153 e. The monoisotopic (exact) mass is 514 g/mol. The third-order valence-electron chi connectivity index (χ3n) is 3.16. The molecule has 0 N–H and O–H groups in total. The normalized spacial score (nSPS) is 14.5. The van der Waals surface area contributed by atoms with Gasteiger partial charge in [-0.05, 0) is 35.4 Å². The van der Waals surface area contributed by atoms with Gasteiger partial charge in [0, 0.05) is 8.95 Å². The Morgan fingerprint density at radius 2 is 1.38 bits per heavy atom. The topological polar surface area (TPSA) is 47.6 Å². The molecule has 0 spiro atoms. The maximum Gasteiger partial charge on any atom is 0.153 e. The van der Waals surface area contributed by atoms with Crippen molar-refractivity contribution in [2.45, 2.75) is 9.34 Å². The average molecular weight is 516 g/mol. The highest BCUT2D eigenvalue weighted by Gasteiger charge is 2.39. The molecule has 0 radical (unpaired) electrons. The zero-order chi connectivity index (χ0) is 15.5. The van der Waals surface area contributed by atoms with Crippen molar-refractivity contribution in [1.82, 2.24) is 0 Å². The summed E-state index contributed by atoms with van der Waals surface area (Å²) in [6.07, 6.45) is 0. The van der Waals surface area contributed by atoms with Crippen LogP contribution in [0.3, 0.4) is 0 Å². The SMILES string of the molecule is N#CC(c1ccc(Br)cc1)C(I)(C#N)c1ccc(Br)cc1. The first-order chi connectivity index (χ1) is 10.0. The molecule has 2 unspecified atom stereocenters. The zero-order valence-corrected chi connectivity index (χ0v) is 16.1. The molecular formula is C16H9Br2IN2. The quantitative estimate of drug-likeness (QED) is 0.390. The zero-order valence-electron chi connectivity index (χ0n) is 10.7. The fraction of sp³-hybridized carbons (Fsp3) is 0.125. The van der Waals surface area contributed by atoms with Crippen molar-refractivity contribution in [2.75, 3.05) is 0 Å². The molecule has 5 heteroatoms. The molecule has 0 heterocycles. The summed E-state index contributed by atoms with van der Waals surface area (Å²) in [4.78, 5) is 0. The first kappa shape index (κ1) is 16.5. The van der Waals surface area contributed by atoms with Gasteiger partial charge in [0.15, 0.2) is 3.42 Å². The Morgan fingerprint density at radius 3 is 1.81 bits per heavy atom. The summed E-state index contributed by atoms with van der Waals surface area (Å²) >= 11 is 8.85. The van der Waals surface area contributed by atoms with Gasteiger partial charge in [0.05, 0.1) is 12.1 Å². The molecule has 2 aromatic rings. The lowest BCUT2D eigenvalue weighted by Gasteiger charge is -2.26. The standard InChI is InChI=1S/C16H9Br2IN2/c17-13-5-1-11(2-6-13)15(9-20)16(19,10-21)12-3-7-14(18)8-4-12/h1-8,15H. The van der Waals surface area contributed by atoms with E-state index in [1.54, 1.807) is 0 Å². The van der Waals surface area contributed by atoms with Crippen LogP contribution in [0.5, 0.6) is 0 Å². The van der Waals surface area contributed by atoms with Crippen molar-refractivity contribution in [3.05, 3.63) is 68.6 Å². The molecule has 0 bridgehead atoms. The van der Waals surface area contributed by atoms with E-state index in [-0.39, 0.29) is 0 Å². The molecule has 0 amide bonds. The lowest BCUT2D eigenvalue weighted by atomic mass is 9.83. The van der Waals surface area contributed by atoms with E-state index in [4.69, 9.17) is 0 Å². The second-order valence-electron chi connectivity index (χ2n) is 4.44. The van der Waals surface area contributed by atoms with Crippen molar-refractivity contribution >= 4 is 54.5 Å². The van der Waals surface area contributed by atoms with Crippen LogP contribution >= 0.6 is 54.5 Å². The number of rotatable bonds is 3. The predicted octanol–water partition coefficient (Wildman–Crippen LogP) is 5.67. The molecule has 2 nitrogen and oxygen atoms in total. The van der Waals surface area contributed by atoms with Crippen molar-refractivity contribution in [3.63, 3.8) is 0 Å². The fourth-order valence-corrected chi connectivity index (χ4v) is 3.42. The van der Waals surface area contributed by atoms with E-state index in [0.717, 1.165) is 20.1 Å². The number of halogens is 3. The van der Waals surface area contributed by atoms with Crippen molar-refractivity contribution in [2.24, 2.45) is 0 Å². The first-order valence-electron chi connectivity index (χ1n) is 6.02. The van der Waals surface area contributed by atoms with Gasteiger partial charge in [-0.25, -0.2) is 0 Å². The molecule has 0 aromatic heterocycles.